The van der Waals surface area contributed by atoms with E-state index in [4.69, 9.17) is 4.52 Å². The topological polar surface area (TPSA) is 69.6 Å². The van der Waals surface area contributed by atoms with Crippen molar-refractivity contribution in [3.05, 3.63) is 24.4 Å². The smallest absolute Gasteiger partial charge is 0.228 e. The van der Waals surface area contributed by atoms with Gasteiger partial charge in [-0.1, -0.05) is 5.16 Å². The zero-order valence-corrected chi connectivity index (χ0v) is 7.21. The van der Waals surface area contributed by atoms with Crippen molar-refractivity contribution in [2.75, 3.05) is 0 Å². The summed E-state index contributed by atoms with van der Waals surface area (Å²) >= 11 is 0. The lowest BCUT2D eigenvalue weighted by molar-refractivity contribution is 0.365. The number of aromatic nitrogens is 5. The van der Waals surface area contributed by atoms with Crippen LogP contribution >= 0.6 is 0 Å². The van der Waals surface area contributed by atoms with E-state index in [1.807, 2.05) is 0 Å². The van der Waals surface area contributed by atoms with Crippen molar-refractivity contribution in [1.82, 2.24) is 24.9 Å². The van der Waals surface area contributed by atoms with Gasteiger partial charge in [-0.15, -0.1) is 0 Å². The van der Waals surface area contributed by atoms with E-state index >= 15 is 0 Å². The van der Waals surface area contributed by atoms with E-state index in [1.165, 1.54) is 6.33 Å². The maximum absolute atomic E-state index is 4.94. The fourth-order valence-corrected chi connectivity index (χ4v) is 1.000. The lowest BCUT2D eigenvalue weighted by Crippen LogP contribution is -2.01. The van der Waals surface area contributed by atoms with Crippen molar-refractivity contribution < 1.29 is 4.52 Å². The summed E-state index contributed by atoms with van der Waals surface area (Å²) in [6, 6.07) is 0. The Balaban J connectivity index is 1.93. The highest BCUT2D eigenvalue weighted by Crippen LogP contribution is 1.97. The molecule has 0 saturated heterocycles. The molecule has 0 aliphatic carbocycles. The molecule has 0 unspecified atom stereocenters. The lowest BCUT2D eigenvalue weighted by atomic mass is 10.4. The molecule has 68 valence electrons. The van der Waals surface area contributed by atoms with Gasteiger partial charge in [0.1, 0.15) is 12.7 Å². The highest BCUT2D eigenvalue weighted by molar-refractivity contribution is 4.82. The third-order valence-electron chi connectivity index (χ3n) is 1.59. The second kappa shape index (κ2) is 3.34. The summed E-state index contributed by atoms with van der Waals surface area (Å²) in [6.45, 7) is 2.50. The minimum Gasteiger partial charge on any atom is -0.339 e. The lowest BCUT2D eigenvalue weighted by Gasteiger charge is -1.94. The normalized spacial score (nSPS) is 10.5. The van der Waals surface area contributed by atoms with Gasteiger partial charge in [-0.05, 0) is 6.92 Å². The van der Waals surface area contributed by atoms with Crippen LogP contribution in [0.25, 0.3) is 0 Å². The summed E-state index contributed by atoms with van der Waals surface area (Å²) in [7, 11) is 0. The Morgan fingerprint density at radius 2 is 2.46 bits per heavy atom. The monoisotopic (exact) mass is 179 g/mol. The van der Waals surface area contributed by atoms with Crippen LogP contribution < -0.4 is 0 Å². The first kappa shape index (κ1) is 7.90. The Morgan fingerprint density at radius 3 is 3.08 bits per heavy atom. The molecule has 6 nitrogen and oxygen atoms in total. The van der Waals surface area contributed by atoms with E-state index in [1.54, 1.807) is 17.9 Å². The molecule has 13 heavy (non-hydrogen) atoms. The van der Waals surface area contributed by atoms with E-state index in [0.717, 1.165) is 0 Å². The summed E-state index contributed by atoms with van der Waals surface area (Å²) in [4.78, 5) is 7.90. The van der Waals surface area contributed by atoms with Crippen molar-refractivity contribution in [3.8, 4) is 0 Å². The van der Waals surface area contributed by atoms with E-state index in [2.05, 4.69) is 20.2 Å². The highest BCUT2D eigenvalue weighted by Gasteiger charge is 2.02. The second-order valence-electron chi connectivity index (χ2n) is 2.64. The molecule has 6 heteroatoms. The van der Waals surface area contributed by atoms with Gasteiger partial charge in [-0.3, -0.25) is 4.68 Å². The maximum atomic E-state index is 4.94. The van der Waals surface area contributed by atoms with Crippen LogP contribution in [0.5, 0.6) is 0 Å². The summed E-state index contributed by atoms with van der Waals surface area (Å²) in [5.41, 5.74) is 0. The van der Waals surface area contributed by atoms with Gasteiger partial charge in [0.05, 0.1) is 6.54 Å². The Bertz CT molecular complexity index is 366. The van der Waals surface area contributed by atoms with Gasteiger partial charge in [0.15, 0.2) is 5.82 Å². The number of nitrogens with zero attached hydrogens (tertiary/aromatic N) is 5. The summed E-state index contributed by atoms with van der Waals surface area (Å²) < 4.78 is 6.66. The summed E-state index contributed by atoms with van der Waals surface area (Å²) in [5, 5.41) is 7.64. The van der Waals surface area contributed by atoms with Gasteiger partial charge in [-0.25, -0.2) is 4.98 Å². The zero-order valence-electron chi connectivity index (χ0n) is 7.21. The Labute approximate surface area is 74.6 Å². The third-order valence-corrected chi connectivity index (χ3v) is 1.59. The van der Waals surface area contributed by atoms with Crippen molar-refractivity contribution in [3.63, 3.8) is 0 Å². The molecule has 2 heterocycles. The van der Waals surface area contributed by atoms with E-state index in [9.17, 15) is 0 Å². The molecule has 0 spiro atoms. The predicted octanol–water partition coefficient (Wildman–Crippen LogP) is 0.212. The van der Waals surface area contributed by atoms with Crippen LogP contribution in [0.3, 0.4) is 0 Å². The van der Waals surface area contributed by atoms with Crippen LogP contribution in [0, 0.1) is 6.92 Å². The highest BCUT2D eigenvalue weighted by atomic mass is 16.5. The molecule has 0 bridgehead atoms. The predicted molar refractivity (Wildman–Crippen MR) is 42.8 cm³/mol. The molecule has 2 rings (SSSR count). The molecule has 2 aromatic rings. The number of rotatable bonds is 3. The quantitative estimate of drug-likeness (QED) is 0.673. The molecule has 0 aromatic carbocycles. The number of aryl methyl sites for hydroxylation is 3. The van der Waals surface area contributed by atoms with Crippen LogP contribution in [-0.4, -0.2) is 24.9 Å². The van der Waals surface area contributed by atoms with Crippen LogP contribution in [-0.2, 0) is 13.0 Å². The Morgan fingerprint density at radius 1 is 1.54 bits per heavy atom. The van der Waals surface area contributed by atoms with E-state index in [0.29, 0.717) is 24.7 Å². The van der Waals surface area contributed by atoms with Crippen molar-refractivity contribution >= 4 is 0 Å². The minimum absolute atomic E-state index is 0.632. The molecule has 0 amide bonds. The van der Waals surface area contributed by atoms with Gasteiger partial charge >= 0.3 is 0 Å². The molecule has 2 aromatic heterocycles. The first-order valence-electron chi connectivity index (χ1n) is 3.96. The largest absolute Gasteiger partial charge is 0.339 e. The SMILES string of the molecule is Cc1noc(CCn2cncn2)n1. The molecule has 0 aliphatic heterocycles. The first-order chi connectivity index (χ1) is 6.34. The van der Waals surface area contributed by atoms with Crippen LogP contribution in [0.2, 0.25) is 0 Å². The van der Waals surface area contributed by atoms with Crippen LogP contribution in [0.1, 0.15) is 11.7 Å². The average Bonchev–Trinajstić information content (AvgIpc) is 2.71. The van der Waals surface area contributed by atoms with E-state index < -0.39 is 0 Å². The molecule has 0 atom stereocenters. The third kappa shape index (κ3) is 1.90. The van der Waals surface area contributed by atoms with Crippen molar-refractivity contribution in [1.29, 1.82) is 0 Å². The zero-order chi connectivity index (χ0) is 9.10. The van der Waals surface area contributed by atoms with E-state index in [-0.39, 0.29) is 0 Å². The molecule has 0 fully saturated rings. The average molecular weight is 179 g/mol. The number of hydrogen-bond donors (Lipinski definition) is 0. The second-order valence-corrected chi connectivity index (χ2v) is 2.64. The summed E-state index contributed by atoms with van der Waals surface area (Å²) in [6.07, 6.45) is 3.84. The van der Waals surface area contributed by atoms with Crippen LogP contribution in [0.4, 0.5) is 0 Å². The van der Waals surface area contributed by atoms with Gasteiger partial charge in [0, 0.05) is 6.42 Å². The Kier molecular flexibility index (Phi) is 2.03. The maximum Gasteiger partial charge on any atom is 0.228 e. The standard InChI is InChI=1S/C7H9N5O/c1-6-10-7(13-11-6)2-3-12-5-8-4-9-12/h4-5H,2-3H2,1H3. The van der Waals surface area contributed by atoms with Gasteiger partial charge in [0.25, 0.3) is 0 Å². The fraction of sp³-hybridized carbons (Fsp3) is 0.429. The van der Waals surface area contributed by atoms with Gasteiger partial charge in [-0.2, -0.15) is 10.1 Å². The molecular weight excluding hydrogens is 170 g/mol. The van der Waals surface area contributed by atoms with Crippen molar-refractivity contribution in [2.45, 2.75) is 19.9 Å². The summed E-state index contributed by atoms with van der Waals surface area (Å²) in [5.74, 6) is 1.29. The first-order valence-corrected chi connectivity index (χ1v) is 3.96. The van der Waals surface area contributed by atoms with Crippen LogP contribution in [0.15, 0.2) is 17.2 Å². The molecule has 0 aliphatic rings. The van der Waals surface area contributed by atoms with Gasteiger partial charge < -0.3 is 4.52 Å². The molecule has 0 radical (unpaired) electrons. The molecule has 0 N–H and O–H groups in total. The molecule has 0 saturated carbocycles. The molecular formula is C7H9N5O. The minimum atomic E-state index is 0.632. The fourth-order valence-electron chi connectivity index (χ4n) is 1.000. The van der Waals surface area contributed by atoms with Gasteiger partial charge in [0.2, 0.25) is 5.89 Å². The Hall–Kier alpha value is -1.72. The number of hydrogen-bond acceptors (Lipinski definition) is 5. The van der Waals surface area contributed by atoms with Crippen molar-refractivity contribution in [2.24, 2.45) is 0 Å².